The van der Waals surface area contributed by atoms with E-state index in [1.165, 1.54) is 22.4 Å². The lowest BCUT2D eigenvalue weighted by Crippen LogP contribution is -2.35. The Morgan fingerprint density at radius 3 is 2.44 bits per heavy atom. The average molecular weight is 477 g/mol. The Kier molecular flexibility index (Phi) is 6.75. The third-order valence-electron chi connectivity index (χ3n) is 6.45. The third-order valence-corrected chi connectivity index (χ3v) is 6.80. The topological polar surface area (TPSA) is 59.4 Å². The van der Waals surface area contributed by atoms with Crippen molar-refractivity contribution in [3.05, 3.63) is 81.9 Å². The summed E-state index contributed by atoms with van der Waals surface area (Å²) in [5, 5.41) is 3.95. The lowest BCUT2D eigenvalue weighted by Gasteiger charge is -2.27. The van der Waals surface area contributed by atoms with Gasteiger partial charge in [0.05, 0.1) is 30.1 Å². The summed E-state index contributed by atoms with van der Waals surface area (Å²) in [4.78, 5) is 19.0. The normalized spacial score (nSPS) is 17.7. The van der Waals surface area contributed by atoms with Crippen LogP contribution in [-0.4, -0.2) is 38.7 Å². The molecule has 1 saturated heterocycles. The Bertz CT molecular complexity index is 1210. The molecule has 0 spiro atoms. The van der Waals surface area contributed by atoms with E-state index in [1.807, 2.05) is 30.0 Å². The minimum atomic E-state index is -0.294. The van der Waals surface area contributed by atoms with E-state index in [2.05, 4.69) is 67.7 Å². The summed E-state index contributed by atoms with van der Waals surface area (Å²) < 4.78 is 7.58. The fraction of sp³-hybridized carbons (Fsp3) is 0.370. The highest BCUT2D eigenvalue weighted by molar-refractivity contribution is 7.80. The second-order valence-corrected chi connectivity index (χ2v) is 9.36. The highest BCUT2D eigenvalue weighted by Crippen LogP contribution is 2.41. The van der Waals surface area contributed by atoms with E-state index >= 15 is 0 Å². The number of hydrogen-bond donors (Lipinski definition) is 1. The van der Waals surface area contributed by atoms with Crippen molar-refractivity contribution in [2.24, 2.45) is 0 Å². The molecule has 1 aromatic carbocycles. The molecule has 0 unspecified atom stereocenters. The maximum absolute atomic E-state index is 12.5. The monoisotopic (exact) mass is 476 g/mol. The lowest BCUT2D eigenvalue weighted by atomic mass is 9.96. The zero-order valence-corrected chi connectivity index (χ0v) is 21.5. The van der Waals surface area contributed by atoms with E-state index in [1.54, 1.807) is 6.20 Å². The Morgan fingerprint density at radius 2 is 1.82 bits per heavy atom. The molecule has 7 heteroatoms. The van der Waals surface area contributed by atoms with Crippen molar-refractivity contribution in [2.45, 2.75) is 53.6 Å². The smallest absolute Gasteiger partial charge is 0.325 e. The SMILES string of the molecule is CCOC(=O)CN1C(=S)N[C@@H](c2ccccn2)[C@H]1c1cc(C)n(-c2c(C)cc(C)cc2C)c1C. The standard InChI is InChI=1S/C27H32N4O2S/c1-7-33-23(32)15-30-26(24(29-27(30)34)22-10-8-9-11-28-22)21-14-19(5)31(20(21)6)25-17(3)12-16(2)13-18(25)4/h8-14,24,26H,7,15H2,1-6H3,(H,29,34)/t24-,26+/m0/s1. The van der Waals surface area contributed by atoms with Gasteiger partial charge in [0, 0.05) is 17.6 Å². The van der Waals surface area contributed by atoms with Gasteiger partial charge in [-0.15, -0.1) is 0 Å². The van der Waals surface area contributed by atoms with Crippen molar-refractivity contribution < 1.29 is 9.53 Å². The molecule has 0 bridgehead atoms. The predicted octanol–water partition coefficient (Wildman–Crippen LogP) is 4.95. The minimum Gasteiger partial charge on any atom is -0.465 e. The van der Waals surface area contributed by atoms with Crippen LogP contribution in [0.15, 0.2) is 42.6 Å². The van der Waals surface area contributed by atoms with Gasteiger partial charge in [-0.25, -0.2) is 0 Å². The summed E-state index contributed by atoms with van der Waals surface area (Å²) >= 11 is 5.70. The third kappa shape index (κ3) is 4.32. The number of carbonyl (C=O) groups excluding carboxylic acids is 1. The second-order valence-electron chi connectivity index (χ2n) is 8.97. The van der Waals surface area contributed by atoms with Crippen LogP contribution in [0.1, 0.15) is 58.3 Å². The van der Waals surface area contributed by atoms with Crippen LogP contribution >= 0.6 is 12.2 Å². The largest absolute Gasteiger partial charge is 0.465 e. The fourth-order valence-electron chi connectivity index (χ4n) is 5.22. The number of rotatable bonds is 6. The van der Waals surface area contributed by atoms with Gasteiger partial charge in [-0.1, -0.05) is 23.8 Å². The van der Waals surface area contributed by atoms with Crippen LogP contribution in [0, 0.1) is 34.6 Å². The number of aryl methyl sites for hydroxylation is 4. The molecule has 1 aliphatic rings. The first kappa shape index (κ1) is 24.0. The van der Waals surface area contributed by atoms with Crippen LogP contribution in [0.4, 0.5) is 0 Å². The predicted molar refractivity (Wildman–Crippen MR) is 138 cm³/mol. The molecule has 0 aliphatic carbocycles. The molecule has 178 valence electrons. The molecule has 0 radical (unpaired) electrons. The zero-order valence-electron chi connectivity index (χ0n) is 20.7. The molecule has 0 saturated carbocycles. The molecule has 1 aliphatic heterocycles. The Morgan fingerprint density at radius 1 is 1.12 bits per heavy atom. The summed E-state index contributed by atoms with van der Waals surface area (Å²) in [7, 11) is 0. The molecule has 3 aromatic rings. The number of thiocarbonyl (C=S) groups is 1. The van der Waals surface area contributed by atoms with Crippen LogP contribution < -0.4 is 5.32 Å². The van der Waals surface area contributed by atoms with E-state index in [4.69, 9.17) is 17.0 Å². The van der Waals surface area contributed by atoms with Crippen LogP contribution in [-0.2, 0) is 9.53 Å². The van der Waals surface area contributed by atoms with Gasteiger partial charge >= 0.3 is 5.97 Å². The summed E-state index contributed by atoms with van der Waals surface area (Å²) in [6.45, 7) is 12.9. The number of benzene rings is 1. The molecule has 34 heavy (non-hydrogen) atoms. The van der Waals surface area contributed by atoms with Gasteiger partial charge in [-0.05, 0) is 88.6 Å². The van der Waals surface area contributed by atoms with Crippen molar-refractivity contribution in [3.8, 4) is 5.69 Å². The van der Waals surface area contributed by atoms with E-state index in [0.29, 0.717) is 11.7 Å². The first-order chi connectivity index (χ1) is 16.2. The Labute approximate surface area is 207 Å². The number of hydrogen-bond acceptors (Lipinski definition) is 4. The Balaban J connectivity index is 1.86. The lowest BCUT2D eigenvalue weighted by molar-refractivity contribution is -0.143. The van der Waals surface area contributed by atoms with Crippen molar-refractivity contribution in [1.29, 1.82) is 0 Å². The molecule has 0 amide bonds. The first-order valence-electron chi connectivity index (χ1n) is 11.6. The maximum Gasteiger partial charge on any atom is 0.325 e. The molecule has 4 rings (SSSR count). The van der Waals surface area contributed by atoms with Crippen LogP contribution in [0.2, 0.25) is 0 Å². The van der Waals surface area contributed by atoms with E-state index in [-0.39, 0.29) is 24.6 Å². The number of pyridine rings is 1. The van der Waals surface area contributed by atoms with Gasteiger partial charge in [0.25, 0.3) is 0 Å². The fourth-order valence-corrected chi connectivity index (χ4v) is 5.52. The molecule has 6 nitrogen and oxygen atoms in total. The number of esters is 1. The number of aromatic nitrogens is 2. The summed E-state index contributed by atoms with van der Waals surface area (Å²) in [5.41, 5.74) is 9.17. The number of carbonyl (C=O) groups is 1. The molecular formula is C27H32N4O2S. The van der Waals surface area contributed by atoms with Gasteiger partial charge in [0.15, 0.2) is 5.11 Å². The molecule has 2 aromatic heterocycles. The summed E-state index contributed by atoms with van der Waals surface area (Å²) in [5.74, 6) is -0.294. The summed E-state index contributed by atoms with van der Waals surface area (Å²) in [6, 6.07) is 12.1. The molecule has 1 N–H and O–H groups in total. The van der Waals surface area contributed by atoms with Crippen molar-refractivity contribution in [3.63, 3.8) is 0 Å². The van der Waals surface area contributed by atoms with E-state index < -0.39 is 0 Å². The van der Waals surface area contributed by atoms with Gasteiger partial charge in [0.2, 0.25) is 0 Å². The van der Waals surface area contributed by atoms with Gasteiger partial charge in [0.1, 0.15) is 6.54 Å². The van der Waals surface area contributed by atoms with Crippen LogP contribution in [0.3, 0.4) is 0 Å². The number of nitrogens with zero attached hydrogens (tertiary/aromatic N) is 3. The van der Waals surface area contributed by atoms with Crippen LogP contribution in [0.5, 0.6) is 0 Å². The number of nitrogens with one attached hydrogen (secondary N) is 1. The highest BCUT2D eigenvalue weighted by Gasteiger charge is 2.42. The average Bonchev–Trinajstić information content (AvgIpc) is 3.24. The molecule has 2 atom stereocenters. The molecule has 3 heterocycles. The zero-order chi connectivity index (χ0) is 24.6. The maximum atomic E-state index is 12.5. The molecule has 1 fully saturated rings. The number of ether oxygens (including phenoxy) is 1. The van der Waals surface area contributed by atoms with Gasteiger partial charge < -0.3 is 19.5 Å². The van der Waals surface area contributed by atoms with Gasteiger partial charge in [-0.2, -0.15) is 0 Å². The first-order valence-corrected chi connectivity index (χ1v) is 12.0. The highest BCUT2D eigenvalue weighted by atomic mass is 32.1. The van der Waals surface area contributed by atoms with Gasteiger partial charge in [-0.3, -0.25) is 9.78 Å². The molecular weight excluding hydrogens is 444 g/mol. The van der Waals surface area contributed by atoms with Crippen molar-refractivity contribution in [1.82, 2.24) is 19.8 Å². The Hall–Kier alpha value is -3.19. The van der Waals surface area contributed by atoms with E-state index in [9.17, 15) is 4.79 Å². The van der Waals surface area contributed by atoms with Crippen LogP contribution in [0.25, 0.3) is 5.69 Å². The summed E-state index contributed by atoms with van der Waals surface area (Å²) in [6.07, 6.45) is 1.79. The van der Waals surface area contributed by atoms with Crippen molar-refractivity contribution in [2.75, 3.05) is 13.2 Å². The van der Waals surface area contributed by atoms with Crippen molar-refractivity contribution >= 4 is 23.3 Å². The second kappa shape index (κ2) is 9.58. The quantitative estimate of drug-likeness (QED) is 0.401. The minimum absolute atomic E-state index is 0.0833. The van der Waals surface area contributed by atoms with E-state index in [0.717, 1.165) is 22.6 Å².